The number of carbonyl (C=O) groups is 1. The average molecular weight is 275 g/mol. The van der Waals surface area contributed by atoms with E-state index >= 15 is 0 Å². The van der Waals surface area contributed by atoms with Crippen LogP contribution >= 0.6 is 11.3 Å². The standard InChI is InChI=1S/C14H17N3OS/c1-8-11(14(15)18)5-4-6-12(8)17-10(3)13-9(2)16-7-19-13/h4-7,10,17H,1-3H3,(H2,15,18). The van der Waals surface area contributed by atoms with E-state index in [-0.39, 0.29) is 6.04 Å². The molecule has 1 amide bonds. The Balaban J connectivity index is 2.27. The molecule has 0 fully saturated rings. The third-order valence-electron chi connectivity index (χ3n) is 3.15. The van der Waals surface area contributed by atoms with Crippen LogP contribution in [0.4, 0.5) is 5.69 Å². The summed E-state index contributed by atoms with van der Waals surface area (Å²) in [6.07, 6.45) is 0. The number of aryl methyl sites for hydroxylation is 1. The minimum Gasteiger partial charge on any atom is -0.377 e. The number of aromatic nitrogens is 1. The van der Waals surface area contributed by atoms with Gasteiger partial charge in [0.15, 0.2) is 0 Å². The van der Waals surface area contributed by atoms with Gasteiger partial charge in [0.05, 0.1) is 17.2 Å². The molecule has 2 aromatic rings. The lowest BCUT2D eigenvalue weighted by atomic mass is 10.1. The molecule has 1 heterocycles. The second kappa shape index (κ2) is 5.40. The largest absolute Gasteiger partial charge is 0.377 e. The van der Waals surface area contributed by atoms with Gasteiger partial charge in [-0.05, 0) is 38.5 Å². The Morgan fingerprint density at radius 3 is 2.74 bits per heavy atom. The fourth-order valence-electron chi connectivity index (χ4n) is 2.08. The highest BCUT2D eigenvalue weighted by Crippen LogP contribution is 2.27. The molecule has 0 aliphatic carbocycles. The number of carbonyl (C=O) groups excluding carboxylic acids is 1. The predicted octanol–water partition coefficient (Wildman–Crippen LogP) is 3.03. The van der Waals surface area contributed by atoms with Crippen molar-refractivity contribution in [1.29, 1.82) is 0 Å². The van der Waals surface area contributed by atoms with Crippen molar-refractivity contribution in [3.05, 3.63) is 45.4 Å². The first kappa shape index (κ1) is 13.5. The fraction of sp³-hybridized carbons (Fsp3) is 0.286. The summed E-state index contributed by atoms with van der Waals surface area (Å²) in [6, 6.07) is 5.68. The third-order valence-corrected chi connectivity index (χ3v) is 4.26. The van der Waals surface area contributed by atoms with Crippen molar-refractivity contribution in [2.75, 3.05) is 5.32 Å². The minimum absolute atomic E-state index is 0.148. The zero-order valence-corrected chi connectivity index (χ0v) is 12.0. The maximum Gasteiger partial charge on any atom is 0.249 e. The molecule has 0 aliphatic rings. The highest BCUT2D eigenvalue weighted by molar-refractivity contribution is 7.09. The smallest absolute Gasteiger partial charge is 0.249 e. The lowest BCUT2D eigenvalue weighted by Crippen LogP contribution is -2.14. The molecule has 100 valence electrons. The van der Waals surface area contributed by atoms with E-state index in [1.807, 2.05) is 31.5 Å². The van der Waals surface area contributed by atoms with E-state index in [4.69, 9.17) is 5.73 Å². The number of rotatable bonds is 4. The van der Waals surface area contributed by atoms with Gasteiger partial charge in [0.25, 0.3) is 0 Å². The lowest BCUT2D eigenvalue weighted by molar-refractivity contribution is 0.1000. The van der Waals surface area contributed by atoms with E-state index in [2.05, 4.69) is 17.2 Å². The molecule has 1 atom stereocenters. The minimum atomic E-state index is -0.400. The Hall–Kier alpha value is -1.88. The van der Waals surface area contributed by atoms with Gasteiger partial charge in [-0.1, -0.05) is 6.07 Å². The molecule has 1 aromatic carbocycles. The molecule has 1 aromatic heterocycles. The molecule has 0 saturated heterocycles. The van der Waals surface area contributed by atoms with E-state index in [9.17, 15) is 4.79 Å². The summed E-state index contributed by atoms with van der Waals surface area (Å²) in [7, 11) is 0. The number of hydrogen-bond acceptors (Lipinski definition) is 4. The van der Waals surface area contributed by atoms with Crippen LogP contribution in [0.2, 0.25) is 0 Å². The van der Waals surface area contributed by atoms with Crippen molar-refractivity contribution in [2.45, 2.75) is 26.8 Å². The van der Waals surface area contributed by atoms with Gasteiger partial charge in [0, 0.05) is 16.1 Å². The summed E-state index contributed by atoms with van der Waals surface area (Å²) >= 11 is 1.63. The zero-order valence-electron chi connectivity index (χ0n) is 11.2. The van der Waals surface area contributed by atoms with Crippen molar-refractivity contribution in [3.8, 4) is 0 Å². The van der Waals surface area contributed by atoms with Crippen molar-refractivity contribution in [3.63, 3.8) is 0 Å². The molecule has 4 nitrogen and oxygen atoms in total. The fourth-order valence-corrected chi connectivity index (χ4v) is 2.89. The summed E-state index contributed by atoms with van der Waals surface area (Å²) in [5, 5.41) is 3.41. The highest BCUT2D eigenvalue weighted by atomic mass is 32.1. The molecule has 0 radical (unpaired) electrons. The number of primary amides is 1. The Kier molecular flexibility index (Phi) is 3.85. The van der Waals surface area contributed by atoms with Gasteiger partial charge < -0.3 is 11.1 Å². The first-order valence-corrected chi connectivity index (χ1v) is 6.94. The molecule has 0 aliphatic heterocycles. The average Bonchev–Trinajstić information content (AvgIpc) is 2.77. The predicted molar refractivity (Wildman–Crippen MR) is 78.6 cm³/mol. The summed E-state index contributed by atoms with van der Waals surface area (Å²) in [4.78, 5) is 16.8. The monoisotopic (exact) mass is 275 g/mol. The van der Waals surface area contributed by atoms with Crippen molar-refractivity contribution in [2.24, 2.45) is 5.73 Å². The summed E-state index contributed by atoms with van der Waals surface area (Å²) < 4.78 is 0. The van der Waals surface area contributed by atoms with Crippen LogP contribution in [0.3, 0.4) is 0 Å². The highest BCUT2D eigenvalue weighted by Gasteiger charge is 2.14. The van der Waals surface area contributed by atoms with Crippen LogP contribution in [0.25, 0.3) is 0 Å². The Morgan fingerprint density at radius 2 is 2.16 bits per heavy atom. The van der Waals surface area contributed by atoms with Crippen molar-refractivity contribution >= 4 is 22.9 Å². The van der Waals surface area contributed by atoms with Crippen LogP contribution in [0.1, 0.15) is 39.5 Å². The first-order chi connectivity index (χ1) is 9.00. The SMILES string of the molecule is Cc1ncsc1C(C)Nc1cccc(C(N)=O)c1C. The van der Waals surface area contributed by atoms with Gasteiger partial charge in [-0.25, -0.2) is 4.98 Å². The summed E-state index contributed by atoms with van der Waals surface area (Å²) in [5.41, 5.74) is 10.6. The lowest BCUT2D eigenvalue weighted by Gasteiger charge is -2.17. The van der Waals surface area contributed by atoms with E-state index in [0.29, 0.717) is 5.56 Å². The van der Waals surface area contributed by atoms with Gasteiger partial charge in [-0.3, -0.25) is 4.79 Å². The third kappa shape index (κ3) is 2.76. The molecule has 5 heteroatoms. The van der Waals surface area contributed by atoms with Crippen molar-refractivity contribution < 1.29 is 4.79 Å². The molecular formula is C14H17N3OS. The Morgan fingerprint density at radius 1 is 1.42 bits per heavy atom. The van der Waals surface area contributed by atoms with E-state index in [1.165, 1.54) is 4.88 Å². The van der Waals surface area contributed by atoms with E-state index < -0.39 is 5.91 Å². The summed E-state index contributed by atoms with van der Waals surface area (Å²) in [6.45, 7) is 5.97. The van der Waals surface area contributed by atoms with Gasteiger partial charge in [-0.15, -0.1) is 11.3 Å². The number of amides is 1. The van der Waals surface area contributed by atoms with E-state index in [1.54, 1.807) is 17.4 Å². The van der Waals surface area contributed by atoms with Gasteiger partial charge >= 0.3 is 0 Å². The zero-order chi connectivity index (χ0) is 14.0. The van der Waals surface area contributed by atoms with Crippen LogP contribution in [0.5, 0.6) is 0 Å². The Labute approximate surface area is 116 Å². The topological polar surface area (TPSA) is 68.0 Å². The van der Waals surface area contributed by atoms with Crippen LogP contribution in [-0.2, 0) is 0 Å². The number of nitrogens with two attached hydrogens (primary N) is 1. The normalized spacial score (nSPS) is 12.2. The molecular weight excluding hydrogens is 258 g/mol. The maximum atomic E-state index is 11.3. The van der Waals surface area contributed by atoms with Gasteiger partial charge in [-0.2, -0.15) is 0 Å². The maximum absolute atomic E-state index is 11.3. The molecule has 0 spiro atoms. The van der Waals surface area contributed by atoms with Gasteiger partial charge in [0.2, 0.25) is 5.91 Å². The molecule has 3 N–H and O–H groups in total. The number of hydrogen-bond donors (Lipinski definition) is 2. The van der Waals surface area contributed by atoms with E-state index in [0.717, 1.165) is 16.9 Å². The van der Waals surface area contributed by atoms with Crippen molar-refractivity contribution in [1.82, 2.24) is 4.98 Å². The molecule has 19 heavy (non-hydrogen) atoms. The number of nitrogens with zero attached hydrogens (tertiary/aromatic N) is 1. The number of anilines is 1. The molecule has 0 saturated carbocycles. The summed E-state index contributed by atoms with van der Waals surface area (Å²) in [5.74, 6) is -0.400. The second-order valence-electron chi connectivity index (χ2n) is 4.51. The van der Waals surface area contributed by atoms with Crippen LogP contribution in [0, 0.1) is 13.8 Å². The van der Waals surface area contributed by atoms with Crippen LogP contribution < -0.4 is 11.1 Å². The molecule has 1 unspecified atom stereocenters. The number of thiazole rings is 1. The number of benzene rings is 1. The molecule has 2 rings (SSSR count). The number of nitrogens with one attached hydrogen (secondary N) is 1. The second-order valence-corrected chi connectivity index (χ2v) is 5.40. The van der Waals surface area contributed by atoms with Gasteiger partial charge in [0.1, 0.15) is 0 Å². The van der Waals surface area contributed by atoms with Crippen LogP contribution in [-0.4, -0.2) is 10.9 Å². The Bertz CT molecular complexity index is 606. The molecule has 0 bridgehead atoms. The first-order valence-electron chi connectivity index (χ1n) is 6.06. The van der Waals surface area contributed by atoms with Crippen LogP contribution in [0.15, 0.2) is 23.7 Å². The quantitative estimate of drug-likeness (QED) is 0.901.